The minimum atomic E-state index is 0.503. The maximum atomic E-state index is 6.20. The van der Waals surface area contributed by atoms with Gasteiger partial charge in [-0.05, 0) is 29.8 Å². The molecule has 0 spiro atoms. The summed E-state index contributed by atoms with van der Waals surface area (Å²) >= 11 is 15.6. The zero-order valence-corrected chi connectivity index (χ0v) is 18.6. The highest BCUT2D eigenvalue weighted by Gasteiger charge is 2.00. The predicted octanol–water partition coefficient (Wildman–Crippen LogP) is 8.78. The van der Waals surface area contributed by atoms with Crippen LogP contribution < -0.4 is 0 Å². The monoisotopic (exact) mass is 408 g/mol. The first-order valence-electron chi connectivity index (χ1n) is 9.53. The Labute approximate surface area is 169 Å². The van der Waals surface area contributed by atoms with Crippen molar-refractivity contribution in [3.63, 3.8) is 0 Å². The maximum Gasteiger partial charge on any atom is 0.116 e. The fraction of sp³-hybridized carbons (Fsp3) is 0.800. The molecule has 140 valence electrons. The zero-order chi connectivity index (χ0) is 17.9. The van der Waals surface area contributed by atoms with E-state index < -0.39 is 0 Å². The van der Waals surface area contributed by atoms with E-state index in [1.54, 1.807) is 23.5 Å². The molecule has 0 aromatic carbocycles. The van der Waals surface area contributed by atoms with E-state index in [0.29, 0.717) is 9.40 Å². The Morgan fingerprint density at radius 3 is 1.79 bits per heavy atom. The van der Waals surface area contributed by atoms with Crippen LogP contribution in [0.3, 0.4) is 0 Å². The molecule has 0 saturated heterocycles. The lowest BCUT2D eigenvalue weighted by Gasteiger charge is -2.01. The number of halogens is 2. The first-order chi connectivity index (χ1) is 11.7. The Hall–Kier alpha value is 0.580. The van der Waals surface area contributed by atoms with Crippen LogP contribution in [0.4, 0.5) is 0 Å². The number of hydrogen-bond acceptors (Lipinski definition) is 2. The fourth-order valence-corrected chi connectivity index (χ4v) is 4.12. The lowest BCUT2D eigenvalue weighted by Crippen LogP contribution is -1.83. The fourth-order valence-electron chi connectivity index (χ4n) is 2.24. The average molecular weight is 410 g/mol. The van der Waals surface area contributed by atoms with E-state index in [0.717, 1.165) is 11.5 Å². The van der Waals surface area contributed by atoms with Gasteiger partial charge in [-0.2, -0.15) is 0 Å². The number of hydrogen-bond donors (Lipinski definition) is 0. The van der Waals surface area contributed by atoms with Crippen LogP contribution in [0, 0.1) is 11.2 Å². The second-order valence-corrected chi connectivity index (χ2v) is 9.03. The normalized spacial score (nSPS) is 11.8. The van der Waals surface area contributed by atoms with Gasteiger partial charge in [0.05, 0.1) is 0 Å². The summed E-state index contributed by atoms with van der Waals surface area (Å²) in [6.07, 6.45) is 15.8. The smallest absolute Gasteiger partial charge is 0.112 e. The van der Waals surface area contributed by atoms with E-state index >= 15 is 0 Å². The predicted molar refractivity (Wildman–Crippen MR) is 118 cm³/mol. The van der Waals surface area contributed by atoms with E-state index in [-0.39, 0.29) is 0 Å². The summed E-state index contributed by atoms with van der Waals surface area (Å²) in [5.74, 6) is 5.09. The molecule has 0 amide bonds. The Morgan fingerprint density at radius 2 is 1.21 bits per heavy atom. The van der Waals surface area contributed by atoms with Crippen molar-refractivity contribution in [3.8, 4) is 11.2 Å². The zero-order valence-electron chi connectivity index (χ0n) is 15.5. The van der Waals surface area contributed by atoms with Crippen molar-refractivity contribution in [2.75, 3.05) is 11.5 Å². The van der Waals surface area contributed by atoms with Gasteiger partial charge in [0.1, 0.15) is 9.40 Å². The molecule has 0 aromatic rings. The minimum absolute atomic E-state index is 0.503. The Morgan fingerprint density at radius 1 is 0.708 bits per heavy atom. The number of allylic oxidation sites excluding steroid dienone is 1. The van der Waals surface area contributed by atoms with E-state index in [9.17, 15) is 0 Å². The first kappa shape index (κ1) is 24.6. The topological polar surface area (TPSA) is 0 Å². The summed E-state index contributed by atoms with van der Waals surface area (Å²) in [6, 6.07) is 0. The maximum absolute atomic E-state index is 6.20. The highest BCUT2D eigenvalue weighted by molar-refractivity contribution is 8.04. The molecule has 0 rings (SSSR count). The Bertz CT molecular complexity index is 370. The van der Waals surface area contributed by atoms with Crippen molar-refractivity contribution in [2.45, 2.75) is 90.9 Å². The summed E-state index contributed by atoms with van der Waals surface area (Å²) < 4.78 is 0.651. The largest absolute Gasteiger partial charge is 0.116 e. The Kier molecular flexibility index (Phi) is 20.4. The SMILES string of the molecule is CCCCCCCCSC#C/C(Cl)=C(\Cl)SCCCCCCCC. The lowest BCUT2D eigenvalue weighted by molar-refractivity contribution is 0.627. The van der Waals surface area contributed by atoms with Crippen LogP contribution in [0.2, 0.25) is 0 Å². The molecule has 0 nitrogen and oxygen atoms in total. The van der Waals surface area contributed by atoms with Crippen LogP contribution in [-0.2, 0) is 0 Å². The summed E-state index contributed by atoms with van der Waals surface area (Å²) in [4.78, 5) is 0. The van der Waals surface area contributed by atoms with E-state index in [2.05, 4.69) is 25.0 Å². The molecule has 0 aliphatic rings. The van der Waals surface area contributed by atoms with Gasteiger partial charge >= 0.3 is 0 Å². The van der Waals surface area contributed by atoms with E-state index in [1.807, 2.05) is 0 Å². The molecule has 0 aliphatic heterocycles. The van der Waals surface area contributed by atoms with Gasteiger partial charge in [0.25, 0.3) is 0 Å². The van der Waals surface area contributed by atoms with Gasteiger partial charge in [0.15, 0.2) is 0 Å². The van der Waals surface area contributed by atoms with Crippen molar-refractivity contribution in [3.05, 3.63) is 9.40 Å². The van der Waals surface area contributed by atoms with Gasteiger partial charge in [-0.1, -0.05) is 113 Å². The highest BCUT2D eigenvalue weighted by Crippen LogP contribution is 2.27. The third-order valence-electron chi connectivity index (χ3n) is 3.73. The molecule has 0 atom stereocenters. The third-order valence-corrected chi connectivity index (χ3v) is 6.43. The molecule has 0 N–H and O–H groups in total. The molecule has 0 saturated carbocycles. The van der Waals surface area contributed by atoms with E-state index in [1.165, 1.54) is 77.0 Å². The van der Waals surface area contributed by atoms with Gasteiger partial charge in [0, 0.05) is 5.75 Å². The summed E-state index contributed by atoms with van der Waals surface area (Å²) in [7, 11) is 0. The summed E-state index contributed by atoms with van der Waals surface area (Å²) in [5.41, 5.74) is 0. The van der Waals surface area contributed by atoms with Crippen LogP contribution in [0.15, 0.2) is 9.40 Å². The summed E-state index contributed by atoms with van der Waals surface area (Å²) in [5, 5.41) is 3.57. The highest BCUT2D eigenvalue weighted by atomic mass is 35.5. The second-order valence-electron chi connectivity index (χ2n) is 6.05. The van der Waals surface area contributed by atoms with Crippen LogP contribution in [0.25, 0.3) is 0 Å². The second kappa shape index (κ2) is 19.9. The molecule has 0 aliphatic carbocycles. The van der Waals surface area contributed by atoms with Crippen molar-refractivity contribution in [2.24, 2.45) is 0 Å². The van der Waals surface area contributed by atoms with Gasteiger partial charge < -0.3 is 0 Å². The minimum Gasteiger partial charge on any atom is -0.112 e. The molecule has 0 bridgehead atoms. The van der Waals surface area contributed by atoms with Crippen LogP contribution >= 0.6 is 46.7 Å². The lowest BCUT2D eigenvalue weighted by atomic mass is 10.1. The molecule has 4 heteroatoms. The quantitative estimate of drug-likeness (QED) is 0.196. The van der Waals surface area contributed by atoms with Crippen molar-refractivity contribution >= 4 is 46.7 Å². The first-order valence-corrected chi connectivity index (χ1v) is 12.3. The summed E-state index contributed by atoms with van der Waals surface area (Å²) in [6.45, 7) is 4.50. The van der Waals surface area contributed by atoms with Crippen molar-refractivity contribution < 1.29 is 0 Å². The molecule has 0 radical (unpaired) electrons. The van der Waals surface area contributed by atoms with E-state index in [4.69, 9.17) is 23.2 Å². The molecule has 0 heterocycles. The number of unbranched alkanes of at least 4 members (excludes halogenated alkanes) is 10. The standard InChI is InChI=1S/C20H34Cl2S2/c1-3-5-7-9-11-13-16-23-18-15-19(21)20(22)24-17-14-12-10-8-6-4-2/h3-14,16-17H2,1-2H3/b20-19-. The van der Waals surface area contributed by atoms with Crippen LogP contribution in [0.5, 0.6) is 0 Å². The number of rotatable bonds is 15. The van der Waals surface area contributed by atoms with Crippen LogP contribution in [-0.4, -0.2) is 11.5 Å². The molecule has 0 fully saturated rings. The van der Waals surface area contributed by atoms with Crippen LogP contribution in [0.1, 0.15) is 90.9 Å². The molecular formula is C20H34Cl2S2. The van der Waals surface area contributed by atoms with Gasteiger partial charge in [0.2, 0.25) is 0 Å². The van der Waals surface area contributed by atoms with Crippen molar-refractivity contribution in [1.82, 2.24) is 0 Å². The molecule has 0 unspecified atom stereocenters. The van der Waals surface area contributed by atoms with Gasteiger partial charge in [-0.3, -0.25) is 0 Å². The average Bonchev–Trinajstić information content (AvgIpc) is 2.59. The molecule has 24 heavy (non-hydrogen) atoms. The Balaban J connectivity index is 3.64. The number of thioether (sulfide) groups is 2. The van der Waals surface area contributed by atoms with Gasteiger partial charge in [-0.25, -0.2) is 0 Å². The molecular weight excluding hydrogens is 375 g/mol. The molecule has 0 aromatic heterocycles. The third kappa shape index (κ3) is 17.4. The van der Waals surface area contributed by atoms with Crippen molar-refractivity contribution in [1.29, 1.82) is 0 Å². The van der Waals surface area contributed by atoms with Gasteiger partial charge in [-0.15, -0.1) is 11.8 Å².